The van der Waals surface area contributed by atoms with Gasteiger partial charge < -0.3 is 15.4 Å². The number of piperazine rings is 1. The fourth-order valence-corrected chi connectivity index (χ4v) is 1.42. The highest BCUT2D eigenvalue weighted by Crippen LogP contribution is 2.14. The Labute approximate surface area is 75.1 Å². The number of hydrogen-bond donors (Lipinski definition) is 2. The van der Waals surface area contributed by atoms with Gasteiger partial charge in [0.25, 0.3) is 5.91 Å². The Hall–Kier alpha value is -1.36. The maximum atomic E-state index is 11.3. The first-order chi connectivity index (χ1) is 6.18. The van der Waals surface area contributed by atoms with Crippen LogP contribution in [-0.4, -0.2) is 30.7 Å². The second kappa shape index (κ2) is 2.85. The summed E-state index contributed by atoms with van der Waals surface area (Å²) in [5.41, 5.74) is 0.684. The predicted molar refractivity (Wildman–Crippen MR) is 43.6 cm³/mol. The first kappa shape index (κ1) is 8.25. The molecule has 0 aromatic carbocycles. The zero-order valence-corrected chi connectivity index (χ0v) is 7.00. The first-order valence-corrected chi connectivity index (χ1v) is 4.08. The molecular weight excluding hydrogens is 172 g/mol. The van der Waals surface area contributed by atoms with Gasteiger partial charge in [0.2, 0.25) is 12.1 Å². The first-order valence-electron chi connectivity index (χ1n) is 4.08. The van der Waals surface area contributed by atoms with Crippen molar-refractivity contribution in [3.8, 4) is 0 Å². The fraction of sp³-hybridized carbons (Fsp3) is 0.500. The van der Waals surface area contributed by atoms with Crippen LogP contribution in [0.5, 0.6) is 0 Å². The molecule has 0 unspecified atom stereocenters. The summed E-state index contributed by atoms with van der Waals surface area (Å²) < 4.78 is 5.12. The van der Waals surface area contributed by atoms with Crippen molar-refractivity contribution in [1.82, 2.24) is 10.6 Å². The SMILES string of the molecule is C=C1CCO[C@@H]2NC(=O)[C@H]1NC2=O. The van der Waals surface area contributed by atoms with Gasteiger partial charge in [0.15, 0.2) is 0 Å². The van der Waals surface area contributed by atoms with Crippen molar-refractivity contribution in [2.24, 2.45) is 0 Å². The van der Waals surface area contributed by atoms with E-state index in [0.717, 1.165) is 0 Å². The summed E-state index contributed by atoms with van der Waals surface area (Å²) in [6.45, 7) is 4.15. The quantitative estimate of drug-likeness (QED) is 0.467. The number of fused-ring (bicyclic) bond motifs is 5. The van der Waals surface area contributed by atoms with Crippen LogP contribution in [0.4, 0.5) is 0 Å². The Kier molecular flexibility index (Phi) is 1.81. The van der Waals surface area contributed by atoms with Gasteiger partial charge in [0.1, 0.15) is 6.04 Å². The second-order valence-electron chi connectivity index (χ2n) is 3.11. The molecule has 0 aliphatic carbocycles. The summed E-state index contributed by atoms with van der Waals surface area (Å²) in [6, 6.07) is -0.576. The third-order valence-electron chi connectivity index (χ3n) is 2.18. The van der Waals surface area contributed by atoms with E-state index in [0.29, 0.717) is 18.6 Å². The molecule has 2 bridgehead atoms. The number of nitrogens with one attached hydrogen (secondary N) is 2. The molecule has 5 nitrogen and oxygen atoms in total. The van der Waals surface area contributed by atoms with Gasteiger partial charge in [-0.25, -0.2) is 0 Å². The highest BCUT2D eigenvalue weighted by atomic mass is 16.5. The second-order valence-corrected chi connectivity index (χ2v) is 3.11. The average Bonchev–Trinajstić information content (AvgIpc) is 2.07. The van der Waals surface area contributed by atoms with Gasteiger partial charge >= 0.3 is 0 Å². The number of hydrogen-bond acceptors (Lipinski definition) is 3. The molecule has 3 heterocycles. The molecule has 2 N–H and O–H groups in total. The van der Waals surface area contributed by atoms with Gasteiger partial charge in [-0.05, 0) is 12.0 Å². The van der Waals surface area contributed by atoms with Crippen LogP contribution in [0.3, 0.4) is 0 Å². The lowest BCUT2D eigenvalue weighted by molar-refractivity contribution is -0.149. The Morgan fingerprint density at radius 2 is 2.08 bits per heavy atom. The largest absolute Gasteiger partial charge is 0.349 e. The molecule has 0 spiro atoms. The standard InChI is InChI=1S/C8H10N2O3/c1-4-2-3-13-8-7(12)9-5(4)6(11)10-8/h5,8H,1-3H2,(H,9,12)(H,10,11)/t5-,8-/m0/s1. The fourth-order valence-electron chi connectivity index (χ4n) is 1.42. The van der Waals surface area contributed by atoms with E-state index in [-0.39, 0.29) is 11.8 Å². The Morgan fingerprint density at radius 1 is 1.31 bits per heavy atom. The van der Waals surface area contributed by atoms with Crippen molar-refractivity contribution in [3.63, 3.8) is 0 Å². The summed E-state index contributed by atoms with van der Waals surface area (Å²) in [4.78, 5) is 22.5. The Bertz CT molecular complexity index is 279. The molecule has 3 rings (SSSR count). The summed E-state index contributed by atoms with van der Waals surface area (Å²) in [7, 11) is 0. The molecule has 5 heteroatoms. The minimum atomic E-state index is -0.822. The van der Waals surface area contributed by atoms with E-state index in [2.05, 4.69) is 17.2 Å². The van der Waals surface area contributed by atoms with Crippen molar-refractivity contribution < 1.29 is 14.3 Å². The average molecular weight is 182 g/mol. The molecular formula is C8H10N2O3. The minimum Gasteiger partial charge on any atom is -0.349 e. The van der Waals surface area contributed by atoms with Crippen LogP contribution < -0.4 is 10.6 Å². The van der Waals surface area contributed by atoms with Crippen LogP contribution in [0.25, 0.3) is 0 Å². The van der Waals surface area contributed by atoms with Gasteiger partial charge in [0, 0.05) is 0 Å². The molecule has 0 aromatic heterocycles. The van der Waals surface area contributed by atoms with Gasteiger partial charge in [0.05, 0.1) is 6.61 Å². The van der Waals surface area contributed by atoms with E-state index in [1.54, 1.807) is 0 Å². The van der Waals surface area contributed by atoms with Crippen molar-refractivity contribution in [2.75, 3.05) is 6.61 Å². The third kappa shape index (κ3) is 1.31. The van der Waals surface area contributed by atoms with Crippen LogP contribution in [0, 0.1) is 0 Å². The Morgan fingerprint density at radius 3 is 2.85 bits per heavy atom. The number of rotatable bonds is 0. The molecule has 3 aliphatic rings. The van der Waals surface area contributed by atoms with E-state index in [1.807, 2.05) is 0 Å². The lowest BCUT2D eigenvalue weighted by Crippen LogP contribution is -2.64. The van der Waals surface area contributed by atoms with Gasteiger partial charge in [-0.3, -0.25) is 9.59 Å². The molecule has 70 valence electrons. The van der Waals surface area contributed by atoms with Crippen LogP contribution in [0.2, 0.25) is 0 Å². The molecule has 2 amide bonds. The van der Waals surface area contributed by atoms with E-state index in [1.165, 1.54) is 0 Å². The molecule has 3 aliphatic heterocycles. The van der Waals surface area contributed by atoms with Crippen molar-refractivity contribution in [3.05, 3.63) is 12.2 Å². The zero-order valence-electron chi connectivity index (χ0n) is 7.00. The normalized spacial score (nSPS) is 33.4. The molecule has 3 saturated heterocycles. The highest BCUT2D eigenvalue weighted by molar-refractivity contribution is 5.98. The van der Waals surface area contributed by atoms with E-state index in [9.17, 15) is 9.59 Å². The third-order valence-corrected chi connectivity index (χ3v) is 2.18. The lowest BCUT2D eigenvalue weighted by atomic mass is 10.0. The number of carbonyl (C=O) groups is 2. The van der Waals surface area contributed by atoms with Crippen molar-refractivity contribution in [2.45, 2.75) is 18.7 Å². The van der Waals surface area contributed by atoms with Crippen LogP contribution in [0.15, 0.2) is 12.2 Å². The summed E-state index contributed by atoms with van der Waals surface area (Å²) >= 11 is 0. The smallest absolute Gasteiger partial charge is 0.271 e. The highest BCUT2D eigenvalue weighted by Gasteiger charge is 2.37. The lowest BCUT2D eigenvalue weighted by Gasteiger charge is -2.33. The summed E-state index contributed by atoms with van der Waals surface area (Å²) in [5.74, 6) is -0.542. The monoisotopic (exact) mass is 182 g/mol. The predicted octanol–water partition coefficient (Wildman–Crippen LogP) is -1.10. The molecule has 3 fully saturated rings. The topological polar surface area (TPSA) is 67.4 Å². The van der Waals surface area contributed by atoms with Crippen LogP contribution in [-0.2, 0) is 14.3 Å². The molecule has 2 atom stereocenters. The maximum Gasteiger partial charge on any atom is 0.271 e. The Balaban J connectivity index is 2.27. The summed E-state index contributed by atoms with van der Waals surface area (Å²) in [6.07, 6.45) is -0.216. The van der Waals surface area contributed by atoms with Crippen LogP contribution in [0.1, 0.15) is 6.42 Å². The van der Waals surface area contributed by atoms with Crippen molar-refractivity contribution >= 4 is 11.8 Å². The summed E-state index contributed by atoms with van der Waals surface area (Å²) in [5, 5.41) is 5.01. The zero-order chi connectivity index (χ0) is 9.42. The van der Waals surface area contributed by atoms with E-state index in [4.69, 9.17) is 4.74 Å². The molecule has 0 aromatic rings. The van der Waals surface area contributed by atoms with E-state index < -0.39 is 12.3 Å². The van der Waals surface area contributed by atoms with Crippen LogP contribution >= 0.6 is 0 Å². The van der Waals surface area contributed by atoms with Gasteiger partial charge in [-0.1, -0.05) is 6.58 Å². The minimum absolute atomic E-state index is 0.241. The molecule has 0 saturated carbocycles. The molecule has 0 radical (unpaired) electrons. The van der Waals surface area contributed by atoms with Crippen molar-refractivity contribution in [1.29, 1.82) is 0 Å². The van der Waals surface area contributed by atoms with Gasteiger partial charge in [-0.2, -0.15) is 0 Å². The number of carbonyl (C=O) groups excluding carboxylic acids is 2. The van der Waals surface area contributed by atoms with E-state index >= 15 is 0 Å². The number of amides is 2. The molecule has 13 heavy (non-hydrogen) atoms. The number of ether oxygens (including phenoxy) is 1. The maximum absolute atomic E-state index is 11.3. The van der Waals surface area contributed by atoms with Gasteiger partial charge in [-0.15, -0.1) is 0 Å².